The summed E-state index contributed by atoms with van der Waals surface area (Å²) in [5.74, 6) is 0. The van der Waals surface area contributed by atoms with Gasteiger partial charge in [0, 0.05) is 0 Å². The fourth-order valence-corrected chi connectivity index (χ4v) is 16.6. The average molecular weight is 1420 g/mol. The first kappa shape index (κ1) is 86.8. The van der Waals surface area contributed by atoms with Gasteiger partial charge in [-0.2, -0.15) is 0 Å². The molecule has 103 heavy (non-hydrogen) atoms. The van der Waals surface area contributed by atoms with E-state index in [1.165, 1.54) is 66.8 Å². The third-order valence-corrected chi connectivity index (χ3v) is 23.3. The van der Waals surface area contributed by atoms with Crippen molar-refractivity contribution in [2.24, 2.45) is 0 Å². The lowest BCUT2D eigenvalue weighted by Gasteiger charge is -2.47. The van der Waals surface area contributed by atoms with Crippen LogP contribution < -0.4 is 0 Å². The molecule has 0 bridgehead atoms. The second-order valence-electron chi connectivity index (χ2n) is 43.3. The highest BCUT2D eigenvalue weighted by molar-refractivity contribution is 7.41. The average Bonchev–Trinajstić information content (AvgIpc) is 0.732. The maximum Gasteiger partial charge on any atom is 0.336 e. The first-order valence-corrected chi connectivity index (χ1v) is 40.0. The molecule has 566 valence electrons. The van der Waals surface area contributed by atoms with Gasteiger partial charge in [-0.15, -0.1) is 0 Å². The molecular formula is C99H147O3P. The Hall–Kier alpha value is -5.15. The van der Waals surface area contributed by atoms with Crippen LogP contribution in [0.1, 0.15) is 391 Å². The molecule has 0 aromatic heterocycles. The summed E-state index contributed by atoms with van der Waals surface area (Å²) < 4.78 is 26.9. The van der Waals surface area contributed by atoms with Gasteiger partial charge in [0.05, 0.1) is 0 Å². The predicted molar refractivity (Wildman–Crippen MR) is 456 cm³/mol. The van der Waals surface area contributed by atoms with E-state index >= 15 is 0 Å². The molecule has 3 atom stereocenters. The molecule has 3 unspecified atom stereocenters. The van der Waals surface area contributed by atoms with Gasteiger partial charge in [0.1, 0.15) is 16.8 Å². The maximum absolute atomic E-state index is 8.98. The number of allylic oxidation sites excluding steroid dienone is 3. The van der Waals surface area contributed by atoms with Crippen molar-refractivity contribution in [3.05, 3.63) is 228 Å². The molecule has 3 nitrogen and oxygen atoms in total. The van der Waals surface area contributed by atoms with E-state index in [2.05, 4.69) is 418 Å². The second-order valence-corrected chi connectivity index (χ2v) is 44.3. The predicted octanol–water partition coefficient (Wildman–Crippen LogP) is 29.9. The first-order chi connectivity index (χ1) is 46.1. The summed E-state index contributed by atoms with van der Waals surface area (Å²) in [6.45, 7) is 98.2. The second kappa shape index (κ2) is 29.1. The van der Waals surface area contributed by atoms with Crippen molar-refractivity contribution < 1.29 is 13.6 Å². The Labute approximate surface area is 635 Å². The van der Waals surface area contributed by atoms with E-state index < -0.39 is 25.4 Å². The minimum absolute atomic E-state index is 0.107. The van der Waals surface area contributed by atoms with Crippen LogP contribution in [0.3, 0.4) is 0 Å². The molecule has 0 saturated heterocycles. The van der Waals surface area contributed by atoms with Crippen LogP contribution in [-0.2, 0) is 95.4 Å². The van der Waals surface area contributed by atoms with Crippen molar-refractivity contribution in [1.29, 1.82) is 0 Å². The Bertz CT molecular complexity index is 3700. The van der Waals surface area contributed by atoms with Crippen LogP contribution in [0.25, 0.3) is 16.7 Å². The molecule has 6 aromatic rings. The molecule has 0 aliphatic heterocycles. The summed E-state index contributed by atoms with van der Waals surface area (Å²) in [5, 5.41) is 0. The van der Waals surface area contributed by atoms with E-state index in [4.69, 9.17) is 13.6 Å². The molecular weight excluding hydrogens is 1270 g/mol. The third kappa shape index (κ3) is 19.1. The summed E-state index contributed by atoms with van der Waals surface area (Å²) in [7, 11) is -2.63. The standard InChI is InChI=1S/C99H147O3P/c1-43-73(70-52-46-64(85(4,5)6)58-79(70)91(22,23)24)97(40,76-55-49-67(88(13,14)15)61-82(76)94(31,32)33)100-103(101-98(41,77-56-50-68(89(16,17)18)62-83(77)95(34,35)36)74(44-2)71-53-47-65(86(7,8)9)59-80(71)92(25,26)27)102-99(42,78-57-51-69(90(19,20)21)63-84(78)96(37,38)39)75(45-3)72-54-48-66(87(10,11)12)60-81(72)93(28,29)30/h43-63H,1-42H3/b73-43-,74-44-,75-45-. The molecule has 4 heteroatoms. The summed E-state index contributed by atoms with van der Waals surface area (Å²) in [5.41, 5.74) is 18.3. The highest BCUT2D eigenvalue weighted by Gasteiger charge is 2.52. The zero-order valence-electron chi connectivity index (χ0n) is 73.8. The molecule has 0 fully saturated rings. The van der Waals surface area contributed by atoms with E-state index in [9.17, 15) is 0 Å². The molecule has 0 saturated carbocycles. The Balaban J connectivity index is 2.07. The van der Waals surface area contributed by atoms with Gasteiger partial charge in [0.2, 0.25) is 0 Å². The molecule has 6 aromatic carbocycles. The van der Waals surface area contributed by atoms with Gasteiger partial charge in [-0.1, -0.05) is 377 Å². The largest absolute Gasteiger partial charge is 0.336 e. The van der Waals surface area contributed by atoms with Crippen molar-refractivity contribution in [2.75, 3.05) is 0 Å². The minimum atomic E-state index is -2.63. The molecule has 0 N–H and O–H groups in total. The Kier molecular flexibility index (Phi) is 24.5. The van der Waals surface area contributed by atoms with Gasteiger partial charge < -0.3 is 0 Å². The van der Waals surface area contributed by atoms with Crippen LogP contribution in [0.15, 0.2) is 127 Å². The number of hydrogen-bond donors (Lipinski definition) is 0. The summed E-state index contributed by atoms with van der Waals surface area (Å²) in [6, 6.07) is 43.5. The zero-order chi connectivity index (χ0) is 79.2. The lowest BCUT2D eigenvalue weighted by Crippen LogP contribution is -2.38. The minimum Gasteiger partial charge on any atom is -0.296 e. The van der Waals surface area contributed by atoms with Gasteiger partial charge in [0.25, 0.3) is 0 Å². The van der Waals surface area contributed by atoms with Crippen LogP contribution in [0.5, 0.6) is 0 Å². The van der Waals surface area contributed by atoms with E-state index in [0.29, 0.717) is 0 Å². The van der Waals surface area contributed by atoms with Gasteiger partial charge in [-0.05, 0) is 223 Å². The SMILES string of the molecule is C/C=C(/c1ccc(C(C)(C)C)cc1C(C)(C)C)C(C)(OP(OC(C)(/C(=C\C)c1ccc(C(C)(C)C)cc1C(C)(C)C)c1ccc(C(C)(C)C)cc1C(C)(C)C)OC(C)(/C(=C\C)c1ccc(C(C)(C)C)cc1C(C)(C)C)c1ccc(C(C)(C)C)cc1C(C)(C)C)c1ccc(C(C)(C)C)cc1C(C)(C)C. The molecule has 0 heterocycles. The highest BCUT2D eigenvalue weighted by Crippen LogP contribution is 2.65. The molecule has 0 spiro atoms. The smallest absolute Gasteiger partial charge is 0.296 e. The van der Waals surface area contributed by atoms with Crippen LogP contribution in [0.2, 0.25) is 0 Å². The summed E-state index contributed by atoms with van der Waals surface area (Å²) in [6.07, 6.45) is 7.03. The van der Waals surface area contributed by atoms with Crippen LogP contribution in [0, 0.1) is 0 Å². The first-order valence-electron chi connectivity index (χ1n) is 38.9. The van der Waals surface area contributed by atoms with Crippen molar-refractivity contribution in [3.63, 3.8) is 0 Å². The molecule has 0 radical (unpaired) electrons. The van der Waals surface area contributed by atoms with Gasteiger partial charge in [-0.3, -0.25) is 13.6 Å². The van der Waals surface area contributed by atoms with Crippen LogP contribution >= 0.6 is 8.60 Å². The monoisotopic (exact) mass is 1420 g/mol. The van der Waals surface area contributed by atoms with Crippen LogP contribution in [-0.4, -0.2) is 0 Å². The van der Waals surface area contributed by atoms with Crippen molar-refractivity contribution in [1.82, 2.24) is 0 Å². The summed E-state index contributed by atoms with van der Waals surface area (Å²) >= 11 is 0. The Morgan fingerprint density at radius 2 is 0.359 bits per heavy atom. The lowest BCUT2D eigenvalue weighted by molar-refractivity contribution is 0.0144. The molecule has 0 amide bonds. The Morgan fingerprint density at radius 1 is 0.204 bits per heavy atom. The van der Waals surface area contributed by atoms with E-state index in [0.717, 1.165) is 50.1 Å². The number of hydrogen-bond acceptors (Lipinski definition) is 3. The van der Waals surface area contributed by atoms with Gasteiger partial charge >= 0.3 is 8.60 Å². The zero-order valence-corrected chi connectivity index (χ0v) is 74.7. The quantitative estimate of drug-likeness (QED) is 0.0959. The molecule has 0 aliphatic carbocycles. The Morgan fingerprint density at radius 3 is 0.505 bits per heavy atom. The lowest BCUT2D eigenvalue weighted by atomic mass is 9.70. The van der Waals surface area contributed by atoms with E-state index in [1.54, 1.807) is 0 Å². The highest BCUT2D eigenvalue weighted by atomic mass is 31.2. The topological polar surface area (TPSA) is 27.7 Å². The maximum atomic E-state index is 8.98. The van der Waals surface area contributed by atoms with Crippen LogP contribution in [0.4, 0.5) is 0 Å². The molecule has 0 aliphatic rings. The number of benzene rings is 6. The van der Waals surface area contributed by atoms with Crippen molar-refractivity contribution in [2.45, 2.75) is 373 Å². The third-order valence-electron chi connectivity index (χ3n) is 21.8. The fraction of sp³-hybridized carbons (Fsp3) is 0.576. The molecule has 6 rings (SSSR count). The number of rotatable bonds is 15. The van der Waals surface area contributed by atoms with E-state index in [1.807, 2.05) is 0 Å². The van der Waals surface area contributed by atoms with Crippen molar-refractivity contribution >= 4 is 25.3 Å². The fourth-order valence-electron chi connectivity index (χ4n) is 15.0. The normalized spacial score (nSPS) is 16.5. The summed E-state index contributed by atoms with van der Waals surface area (Å²) in [4.78, 5) is 0. The van der Waals surface area contributed by atoms with E-state index in [-0.39, 0.29) is 65.0 Å². The van der Waals surface area contributed by atoms with Gasteiger partial charge in [0.15, 0.2) is 0 Å². The van der Waals surface area contributed by atoms with Crippen molar-refractivity contribution in [3.8, 4) is 0 Å². The van der Waals surface area contributed by atoms with Gasteiger partial charge in [-0.25, -0.2) is 0 Å².